The summed E-state index contributed by atoms with van der Waals surface area (Å²) in [5.74, 6) is 0.991. The summed E-state index contributed by atoms with van der Waals surface area (Å²) in [5, 5.41) is 9.42. The highest BCUT2D eigenvalue weighted by atomic mass is 16.3. The van der Waals surface area contributed by atoms with E-state index in [2.05, 4.69) is 53.0 Å². The molecule has 2 rings (SSSR count). The van der Waals surface area contributed by atoms with E-state index in [1.54, 1.807) is 6.07 Å². The fourth-order valence-electron chi connectivity index (χ4n) is 2.71. The maximum absolute atomic E-state index is 12.0. The molecule has 1 heterocycles. The zero-order valence-electron chi connectivity index (χ0n) is 16.7. The molecule has 0 saturated heterocycles. The van der Waals surface area contributed by atoms with Crippen molar-refractivity contribution in [3.63, 3.8) is 0 Å². The van der Waals surface area contributed by atoms with Crippen LogP contribution in [0, 0.1) is 20.8 Å². The van der Waals surface area contributed by atoms with Crippen molar-refractivity contribution in [1.82, 2.24) is 16.0 Å². The molecule has 0 aliphatic rings. The monoisotopic (exact) mass is 370 g/mol. The van der Waals surface area contributed by atoms with Crippen molar-refractivity contribution in [1.29, 1.82) is 0 Å². The van der Waals surface area contributed by atoms with E-state index in [0.717, 1.165) is 31.0 Å². The van der Waals surface area contributed by atoms with E-state index < -0.39 is 0 Å². The lowest BCUT2D eigenvalue weighted by atomic mass is 10.1. The van der Waals surface area contributed by atoms with Crippen molar-refractivity contribution in [3.8, 4) is 0 Å². The van der Waals surface area contributed by atoms with E-state index in [1.807, 2.05) is 13.8 Å². The van der Waals surface area contributed by atoms with Gasteiger partial charge >= 0.3 is 0 Å². The molecule has 6 heteroatoms. The minimum Gasteiger partial charge on any atom is -0.459 e. The molecule has 3 N–H and O–H groups in total. The number of amides is 1. The van der Waals surface area contributed by atoms with Crippen molar-refractivity contribution < 1.29 is 9.21 Å². The molecule has 0 saturated carbocycles. The molecule has 146 valence electrons. The quantitative estimate of drug-likeness (QED) is 0.379. The van der Waals surface area contributed by atoms with Crippen molar-refractivity contribution in [2.75, 3.05) is 19.6 Å². The number of carbonyl (C=O) groups is 1. The third kappa shape index (κ3) is 6.47. The molecule has 27 heavy (non-hydrogen) atoms. The molecule has 6 nitrogen and oxygen atoms in total. The number of carbonyl (C=O) groups excluding carboxylic acids is 1. The number of aliphatic imine (C=N–C) groups is 1. The third-order valence-electron chi connectivity index (χ3n) is 4.25. The van der Waals surface area contributed by atoms with Gasteiger partial charge in [-0.25, -0.2) is 4.99 Å². The van der Waals surface area contributed by atoms with Crippen LogP contribution in [0.1, 0.15) is 46.2 Å². The minimum atomic E-state index is -0.173. The highest BCUT2D eigenvalue weighted by Gasteiger charge is 2.11. The first-order valence-electron chi connectivity index (χ1n) is 9.42. The number of rotatable bonds is 8. The Balaban J connectivity index is 1.77. The van der Waals surface area contributed by atoms with Crippen molar-refractivity contribution in [2.45, 2.75) is 40.7 Å². The molecule has 0 atom stereocenters. The summed E-state index contributed by atoms with van der Waals surface area (Å²) >= 11 is 0. The highest BCUT2D eigenvalue weighted by Crippen LogP contribution is 2.11. The first-order chi connectivity index (χ1) is 13.0. The maximum atomic E-state index is 12.0. The van der Waals surface area contributed by atoms with Gasteiger partial charge in [-0.3, -0.25) is 4.79 Å². The Kier molecular flexibility index (Phi) is 7.92. The fraction of sp³-hybridized carbons (Fsp3) is 0.429. The second-order valence-corrected chi connectivity index (χ2v) is 6.59. The van der Waals surface area contributed by atoms with Crippen LogP contribution in [0.2, 0.25) is 0 Å². The molecule has 0 spiro atoms. The van der Waals surface area contributed by atoms with Crippen LogP contribution < -0.4 is 16.0 Å². The Bertz CT molecular complexity index is 780. The number of hydrogen-bond acceptors (Lipinski definition) is 3. The summed E-state index contributed by atoms with van der Waals surface area (Å²) in [7, 11) is 0. The predicted octanol–water partition coefficient (Wildman–Crippen LogP) is 3.08. The molecule has 0 aliphatic heterocycles. The number of guanidine groups is 1. The Morgan fingerprint density at radius 3 is 2.48 bits per heavy atom. The summed E-state index contributed by atoms with van der Waals surface area (Å²) < 4.78 is 5.19. The standard InChI is InChI=1S/C21H30N4O2/c1-5-22-21(25-14-18-8-7-15(2)13-17(18)4)24-11-6-10-23-20(26)19-16(3)9-12-27-19/h7-9,12-13H,5-6,10-11,14H2,1-4H3,(H,23,26)(H2,22,24,25). The number of aryl methyl sites for hydroxylation is 3. The van der Waals surface area contributed by atoms with E-state index in [-0.39, 0.29) is 5.91 Å². The van der Waals surface area contributed by atoms with Crippen LogP contribution in [0.25, 0.3) is 0 Å². The summed E-state index contributed by atoms with van der Waals surface area (Å²) in [5.41, 5.74) is 4.58. The average Bonchev–Trinajstić information content (AvgIpc) is 3.06. The average molecular weight is 370 g/mol. The number of hydrogen-bond donors (Lipinski definition) is 3. The molecule has 0 radical (unpaired) electrons. The van der Waals surface area contributed by atoms with Crippen LogP contribution in [0.5, 0.6) is 0 Å². The van der Waals surface area contributed by atoms with Gasteiger partial charge in [-0.05, 0) is 51.3 Å². The topological polar surface area (TPSA) is 78.7 Å². The summed E-state index contributed by atoms with van der Waals surface area (Å²) in [6.07, 6.45) is 2.32. The molecule has 0 aliphatic carbocycles. The predicted molar refractivity (Wildman–Crippen MR) is 109 cm³/mol. The number of furan rings is 1. The normalized spacial score (nSPS) is 11.3. The largest absolute Gasteiger partial charge is 0.459 e. The van der Waals surface area contributed by atoms with Gasteiger partial charge in [0.05, 0.1) is 12.8 Å². The van der Waals surface area contributed by atoms with Gasteiger partial charge in [0.25, 0.3) is 5.91 Å². The lowest BCUT2D eigenvalue weighted by Gasteiger charge is -2.12. The number of benzene rings is 1. The van der Waals surface area contributed by atoms with Crippen LogP contribution in [-0.4, -0.2) is 31.5 Å². The van der Waals surface area contributed by atoms with Gasteiger partial charge in [0, 0.05) is 25.2 Å². The Morgan fingerprint density at radius 1 is 1.04 bits per heavy atom. The van der Waals surface area contributed by atoms with E-state index in [1.165, 1.54) is 23.0 Å². The summed E-state index contributed by atoms with van der Waals surface area (Å²) in [6, 6.07) is 8.20. The maximum Gasteiger partial charge on any atom is 0.287 e. The van der Waals surface area contributed by atoms with Gasteiger partial charge in [0.15, 0.2) is 11.7 Å². The fourth-order valence-corrected chi connectivity index (χ4v) is 2.71. The van der Waals surface area contributed by atoms with E-state index in [9.17, 15) is 4.79 Å². The molecule has 2 aromatic rings. The summed E-state index contributed by atoms with van der Waals surface area (Å²) in [4.78, 5) is 16.6. The highest BCUT2D eigenvalue weighted by molar-refractivity contribution is 5.92. The molecular formula is C21H30N4O2. The molecular weight excluding hydrogens is 340 g/mol. The second-order valence-electron chi connectivity index (χ2n) is 6.59. The van der Waals surface area contributed by atoms with Gasteiger partial charge in [-0.2, -0.15) is 0 Å². The summed E-state index contributed by atoms with van der Waals surface area (Å²) in [6.45, 7) is 10.8. The second kappa shape index (κ2) is 10.4. The lowest BCUT2D eigenvalue weighted by Crippen LogP contribution is -2.38. The zero-order valence-corrected chi connectivity index (χ0v) is 16.7. The van der Waals surface area contributed by atoms with Crippen molar-refractivity contribution in [3.05, 3.63) is 58.5 Å². The van der Waals surface area contributed by atoms with Gasteiger partial charge in [-0.15, -0.1) is 0 Å². The third-order valence-corrected chi connectivity index (χ3v) is 4.25. The van der Waals surface area contributed by atoms with Crippen LogP contribution in [0.15, 0.2) is 39.9 Å². The van der Waals surface area contributed by atoms with E-state index in [0.29, 0.717) is 18.8 Å². The van der Waals surface area contributed by atoms with Crippen LogP contribution in [0.3, 0.4) is 0 Å². The molecule has 1 amide bonds. The minimum absolute atomic E-state index is 0.173. The van der Waals surface area contributed by atoms with Crippen molar-refractivity contribution in [2.24, 2.45) is 4.99 Å². The van der Waals surface area contributed by atoms with Gasteiger partial charge in [-0.1, -0.05) is 23.8 Å². The van der Waals surface area contributed by atoms with Gasteiger partial charge in [0.1, 0.15) is 0 Å². The molecule has 0 fully saturated rings. The molecule has 1 aromatic carbocycles. The first-order valence-corrected chi connectivity index (χ1v) is 9.42. The number of nitrogens with one attached hydrogen (secondary N) is 3. The van der Waals surface area contributed by atoms with E-state index in [4.69, 9.17) is 4.42 Å². The van der Waals surface area contributed by atoms with Crippen molar-refractivity contribution >= 4 is 11.9 Å². The Morgan fingerprint density at radius 2 is 1.81 bits per heavy atom. The van der Waals surface area contributed by atoms with E-state index >= 15 is 0 Å². The van der Waals surface area contributed by atoms with Crippen LogP contribution in [-0.2, 0) is 6.54 Å². The van der Waals surface area contributed by atoms with Gasteiger partial charge in [0.2, 0.25) is 0 Å². The SMILES string of the molecule is CCNC(=NCc1ccc(C)cc1C)NCCCNC(=O)c1occc1C. The van der Waals surface area contributed by atoms with Gasteiger partial charge < -0.3 is 20.4 Å². The molecule has 0 bridgehead atoms. The number of nitrogens with zero attached hydrogens (tertiary/aromatic N) is 1. The van der Waals surface area contributed by atoms with Crippen LogP contribution in [0.4, 0.5) is 0 Å². The molecule has 1 aromatic heterocycles. The molecule has 0 unspecified atom stereocenters. The smallest absolute Gasteiger partial charge is 0.287 e. The first kappa shape index (κ1) is 20.6. The lowest BCUT2D eigenvalue weighted by molar-refractivity contribution is 0.0925. The Hall–Kier alpha value is -2.76. The zero-order chi connectivity index (χ0) is 19.6. The Labute approximate surface area is 161 Å². The van der Waals surface area contributed by atoms with Crippen LogP contribution >= 0.6 is 0 Å².